The van der Waals surface area contributed by atoms with Crippen molar-refractivity contribution in [3.05, 3.63) is 56.4 Å². The molecule has 1 aliphatic carbocycles. The zero-order chi connectivity index (χ0) is 20.8. The number of para-hydroxylation sites is 1. The van der Waals surface area contributed by atoms with Gasteiger partial charge in [-0.15, -0.1) is 11.3 Å². The van der Waals surface area contributed by atoms with Gasteiger partial charge in [-0.1, -0.05) is 18.2 Å². The Kier molecular flexibility index (Phi) is 4.94. The Morgan fingerprint density at radius 2 is 2.00 bits per heavy atom. The fourth-order valence-electron chi connectivity index (χ4n) is 4.06. The van der Waals surface area contributed by atoms with Crippen molar-refractivity contribution in [3.63, 3.8) is 0 Å². The van der Waals surface area contributed by atoms with Gasteiger partial charge in [0.05, 0.1) is 12.5 Å². The van der Waals surface area contributed by atoms with Crippen LogP contribution in [-0.2, 0) is 29.6 Å². The zero-order valence-corrected chi connectivity index (χ0v) is 17.6. The minimum Gasteiger partial charge on any atom is -0.496 e. The van der Waals surface area contributed by atoms with E-state index in [4.69, 9.17) is 9.72 Å². The van der Waals surface area contributed by atoms with Crippen LogP contribution in [0.1, 0.15) is 48.5 Å². The number of carbonyl (C=O) groups is 1. The molecule has 0 atom stereocenters. The summed E-state index contributed by atoms with van der Waals surface area (Å²) in [5.41, 5.74) is 0.246. The average Bonchev–Trinajstić information content (AvgIpc) is 3.06. The van der Waals surface area contributed by atoms with Crippen LogP contribution in [-0.4, -0.2) is 27.7 Å². The minimum atomic E-state index is -1.42. The Morgan fingerprint density at radius 1 is 1.28 bits per heavy atom. The largest absolute Gasteiger partial charge is 0.496 e. The molecule has 0 amide bonds. The maximum Gasteiger partial charge on any atom is 0.329 e. The molecule has 0 bridgehead atoms. The number of thiophene rings is 1. The monoisotopic (exact) mass is 412 g/mol. The number of rotatable bonds is 5. The maximum absolute atomic E-state index is 13.6. The molecule has 4 rings (SSSR count). The number of carboxylic acid groups (broad SMARTS) is 1. The summed E-state index contributed by atoms with van der Waals surface area (Å²) in [5.74, 6) is 0.0659. The van der Waals surface area contributed by atoms with Crippen LogP contribution in [0.25, 0.3) is 10.2 Å². The molecular weight excluding hydrogens is 388 g/mol. The lowest BCUT2D eigenvalue weighted by Crippen LogP contribution is -2.45. The second-order valence-electron chi connectivity index (χ2n) is 7.91. The molecular formula is C22H24N2O4S. The summed E-state index contributed by atoms with van der Waals surface area (Å²) in [6.45, 7) is 3.10. The fourth-order valence-corrected chi connectivity index (χ4v) is 5.33. The van der Waals surface area contributed by atoms with Crippen LogP contribution in [0.15, 0.2) is 29.1 Å². The molecule has 0 saturated heterocycles. The molecule has 1 aromatic carbocycles. The Balaban J connectivity index is 1.99. The minimum absolute atomic E-state index is 0.258. The third-order valence-corrected chi connectivity index (χ3v) is 6.87. The van der Waals surface area contributed by atoms with Gasteiger partial charge in [0.25, 0.3) is 5.56 Å². The van der Waals surface area contributed by atoms with Crippen molar-refractivity contribution < 1.29 is 14.6 Å². The summed E-state index contributed by atoms with van der Waals surface area (Å²) in [6.07, 6.45) is 4.28. The van der Waals surface area contributed by atoms with Crippen LogP contribution in [0.3, 0.4) is 0 Å². The Hall–Kier alpha value is -2.67. The van der Waals surface area contributed by atoms with Crippen molar-refractivity contribution in [1.82, 2.24) is 9.55 Å². The van der Waals surface area contributed by atoms with Gasteiger partial charge in [0.2, 0.25) is 0 Å². The number of aromatic nitrogens is 2. The molecule has 0 aliphatic heterocycles. The lowest BCUT2D eigenvalue weighted by molar-refractivity contribution is -0.146. The van der Waals surface area contributed by atoms with Crippen LogP contribution < -0.4 is 10.3 Å². The summed E-state index contributed by atoms with van der Waals surface area (Å²) >= 11 is 1.57. The standard InChI is InChI=1S/C22H24N2O4S/c1-22(2,21(26)27)24-17(12-13-8-4-6-10-15(13)28-3)23-19-18(20(24)25)14-9-5-7-11-16(14)29-19/h4,6,8,10H,5,7,9,11-12H2,1-3H3,(H,26,27). The number of hydrogen-bond donors (Lipinski definition) is 1. The SMILES string of the molecule is COc1ccccc1Cc1nc2sc3c(c2c(=O)n1C(C)(C)C(=O)O)CCCC3. The van der Waals surface area contributed by atoms with E-state index in [2.05, 4.69) is 0 Å². The zero-order valence-electron chi connectivity index (χ0n) is 16.8. The summed E-state index contributed by atoms with van der Waals surface area (Å²) < 4.78 is 6.81. The predicted molar refractivity (Wildman–Crippen MR) is 113 cm³/mol. The number of hydrogen-bond acceptors (Lipinski definition) is 5. The third kappa shape index (κ3) is 3.23. The summed E-state index contributed by atoms with van der Waals surface area (Å²) in [4.78, 5) is 32.4. The fraction of sp³-hybridized carbons (Fsp3) is 0.409. The second-order valence-corrected chi connectivity index (χ2v) is 9.00. The highest BCUT2D eigenvalue weighted by molar-refractivity contribution is 7.18. The molecule has 152 valence electrons. The second kappa shape index (κ2) is 7.30. The summed E-state index contributed by atoms with van der Waals surface area (Å²) in [5, 5.41) is 10.5. The van der Waals surface area contributed by atoms with Gasteiger partial charge < -0.3 is 9.84 Å². The highest BCUT2D eigenvalue weighted by Gasteiger charge is 2.35. The Labute approximate surface area is 172 Å². The van der Waals surface area contributed by atoms with Crippen molar-refractivity contribution in [1.29, 1.82) is 0 Å². The van der Waals surface area contributed by atoms with Crippen molar-refractivity contribution in [2.75, 3.05) is 7.11 Å². The van der Waals surface area contributed by atoms with Gasteiger partial charge in [-0.2, -0.15) is 0 Å². The van der Waals surface area contributed by atoms with Crippen molar-refractivity contribution in [2.45, 2.75) is 51.5 Å². The van der Waals surface area contributed by atoms with E-state index in [1.54, 1.807) is 32.3 Å². The summed E-state index contributed by atoms with van der Waals surface area (Å²) in [6, 6.07) is 7.53. The van der Waals surface area contributed by atoms with E-state index in [-0.39, 0.29) is 5.56 Å². The molecule has 0 unspecified atom stereocenters. The van der Waals surface area contributed by atoms with E-state index in [0.29, 0.717) is 28.2 Å². The van der Waals surface area contributed by atoms with Gasteiger partial charge >= 0.3 is 5.97 Å². The van der Waals surface area contributed by atoms with Crippen molar-refractivity contribution in [3.8, 4) is 5.75 Å². The molecule has 3 aromatic rings. The maximum atomic E-state index is 13.6. The molecule has 6 nitrogen and oxygen atoms in total. The lowest BCUT2D eigenvalue weighted by atomic mass is 9.96. The number of ether oxygens (including phenoxy) is 1. The van der Waals surface area contributed by atoms with Crippen LogP contribution in [0, 0.1) is 0 Å². The predicted octanol–water partition coefficient (Wildman–Crippen LogP) is 3.76. The molecule has 1 N–H and O–H groups in total. The number of nitrogens with zero attached hydrogens (tertiary/aromatic N) is 2. The van der Waals surface area contributed by atoms with Crippen LogP contribution >= 0.6 is 11.3 Å². The normalized spacial score (nSPS) is 14.0. The Bertz CT molecular complexity index is 1160. The third-order valence-electron chi connectivity index (χ3n) is 5.68. The van der Waals surface area contributed by atoms with Crippen molar-refractivity contribution in [2.24, 2.45) is 0 Å². The highest BCUT2D eigenvalue weighted by Crippen LogP contribution is 2.35. The van der Waals surface area contributed by atoms with E-state index in [9.17, 15) is 14.7 Å². The van der Waals surface area contributed by atoms with E-state index >= 15 is 0 Å². The van der Waals surface area contributed by atoms with Gasteiger partial charge in [0.1, 0.15) is 21.9 Å². The first-order valence-corrected chi connectivity index (χ1v) is 10.6. The Morgan fingerprint density at radius 3 is 2.72 bits per heavy atom. The molecule has 0 spiro atoms. The van der Waals surface area contributed by atoms with Gasteiger partial charge in [0.15, 0.2) is 0 Å². The number of aliphatic carboxylic acids is 1. The van der Waals surface area contributed by atoms with E-state index in [1.807, 2.05) is 24.3 Å². The molecule has 0 fully saturated rings. The van der Waals surface area contributed by atoms with Crippen LogP contribution in [0.4, 0.5) is 0 Å². The average molecular weight is 413 g/mol. The van der Waals surface area contributed by atoms with Crippen molar-refractivity contribution >= 4 is 27.5 Å². The van der Waals surface area contributed by atoms with Gasteiger partial charge in [0, 0.05) is 16.9 Å². The number of carboxylic acids is 1. The molecule has 0 saturated carbocycles. The smallest absolute Gasteiger partial charge is 0.329 e. The number of aryl methyl sites for hydroxylation is 2. The lowest BCUT2D eigenvalue weighted by Gasteiger charge is -2.26. The number of fused-ring (bicyclic) bond motifs is 3. The van der Waals surface area contributed by atoms with Gasteiger partial charge in [-0.05, 0) is 51.2 Å². The van der Waals surface area contributed by atoms with E-state index < -0.39 is 11.5 Å². The molecule has 0 radical (unpaired) electrons. The van der Waals surface area contributed by atoms with E-state index in [0.717, 1.165) is 36.8 Å². The molecule has 2 heterocycles. The topological polar surface area (TPSA) is 81.4 Å². The van der Waals surface area contributed by atoms with E-state index in [1.165, 1.54) is 9.44 Å². The first-order valence-electron chi connectivity index (χ1n) is 9.76. The molecule has 1 aliphatic rings. The van der Waals surface area contributed by atoms with Gasteiger partial charge in [-0.3, -0.25) is 9.36 Å². The number of methoxy groups -OCH3 is 1. The molecule has 29 heavy (non-hydrogen) atoms. The summed E-state index contributed by atoms with van der Waals surface area (Å²) in [7, 11) is 1.59. The first kappa shape index (κ1) is 19.6. The van der Waals surface area contributed by atoms with Crippen LogP contribution in [0.2, 0.25) is 0 Å². The quantitative estimate of drug-likeness (QED) is 0.690. The highest BCUT2D eigenvalue weighted by atomic mass is 32.1. The molecule has 7 heteroatoms. The molecule has 2 aromatic heterocycles. The first-order chi connectivity index (χ1) is 13.8. The van der Waals surface area contributed by atoms with Crippen LogP contribution in [0.5, 0.6) is 5.75 Å². The number of benzene rings is 1. The van der Waals surface area contributed by atoms with Gasteiger partial charge in [-0.25, -0.2) is 9.78 Å².